The third-order valence-corrected chi connectivity index (χ3v) is 7.01. The Morgan fingerprint density at radius 3 is 2.45 bits per heavy atom. The zero-order valence-electron chi connectivity index (χ0n) is 17.5. The fraction of sp³-hybridized carbons (Fsp3) is 0.818. The smallest absolute Gasteiger partial charge is 0.229 e. The van der Waals surface area contributed by atoms with Crippen LogP contribution in [0.15, 0.2) is 4.52 Å². The molecule has 7 nitrogen and oxygen atoms in total. The second kappa shape index (κ2) is 8.84. The van der Waals surface area contributed by atoms with Gasteiger partial charge in [-0.3, -0.25) is 9.59 Å². The van der Waals surface area contributed by atoms with Crippen molar-refractivity contribution in [1.29, 1.82) is 0 Å². The number of nitrogens with zero attached hydrogens (tertiary/aromatic N) is 2. The number of carbonyl (C=O) groups excluding carboxylic acids is 2. The predicted octanol–water partition coefficient (Wildman–Crippen LogP) is 3.56. The van der Waals surface area contributed by atoms with Crippen LogP contribution in [0.25, 0.3) is 0 Å². The van der Waals surface area contributed by atoms with Gasteiger partial charge in [-0.2, -0.15) is 4.98 Å². The molecule has 0 aromatic carbocycles. The highest BCUT2D eigenvalue weighted by molar-refractivity contribution is 5.82. The van der Waals surface area contributed by atoms with Gasteiger partial charge < -0.3 is 15.2 Å². The number of aromatic nitrogens is 2. The maximum absolute atomic E-state index is 12.7. The van der Waals surface area contributed by atoms with Crippen LogP contribution in [-0.4, -0.2) is 28.5 Å². The molecule has 0 bridgehead atoms. The molecule has 3 saturated carbocycles. The van der Waals surface area contributed by atoms with Crippen molar-refractivity contribution < 1.29 is 14.1 Å². The Morgan fingerprint density at radius 1 is 1.10 bits per heavy atom. The van der Waals surface area contributed by atoms with E-state index in [1.165, 1.54) is 25.7 Å². The summed E-state index contributed by atoms with van der Waals surface area (Å²) in [7, 11) is 0. The average Bonchev–Trinajstić information content (AvgIpc) is 3.09. The van der Waals surface area contributed by atoms with Gasteiger partial charge in [-0.05, 0) is 38.0 Å². The van der Waals surface area contributed by atoms with Gasteiger partial charge in [0.1, 0.15) is 5.54 Å². The van der Waals surface area contributed by atoms with Crippen LogP contribution in [0.3, 0.4) is 0 Å². The molecular formula is C22H34N4O3. The van der Waals surface area contributed by atoms with Crippen LogP contribution in [0.5, 0.6) is 0 Å². The van der Waals surface area contributed by atoms with Gasteiger partial charge in [0, 0.05) is 24.8 Å². The standard InChI is InChI=1S/C22H34N4O3/c1-15-14-17(15)19(28)23-13-10-18(27)25-22(11-6-2-3-7-12-22)21-24-20(29-26-21)16-8-4-5-9-16/h15-17H,2-14H2,1H3,(H,23,28)(H,25,27)/t15-,17-/m0/s1. The molecule has 0 unspecified atom stereocenters. The fourth-order valence-electron chi connectivity index (χ4n) is 4.95. The van der Waals surface area contributed by atoms with Crippen molar-refractivity contribution in [3.05, 3.63) is 11.7 Å². The molecule has 3 fully saturated rings. The first kappa shape index (κ1) is 20.4. The lowest BCUT2D eigenvalue weighted by molar-refractivity contribution is -0.124. The molecule has 0 spiro atoms. The van der Waals surface area contributed by atoms with Crippen LogP contribution in [-0.2, 0) is 15.1 Å². The molecule has 1 heterocycles. The maximum atomic E-state index is 12.7. The minimum absolute atomic E-state index is 0.0525. The summed E-state index contributed by atoms with van der Waals surface area (Å²) in [4.78, 5) is 29.5. The Labute approximate surface area is 172 Å². The van der Waals surface area contributed by atoms with Crippen LogP contribution < -0.4 is 10.6 Å². The molecule has 1 aromatic heterocycles. The van der Waals surface area contributed by atoms with E-state index < -0.39 is 5.54 Å². The van der Waals surface area contributed by atoms with E-state index in [-0.39, 0.29) is 24.2 Å². The summed E-state index contributed by atoms with van der Waals surface area (Å²) in [6.45, 7) is 2.46. The van der Waals surface area contributed by atoms with Crippen LogP contribution in [0.1, 0.15) is 102 Å². The first-order valence-corrected chi connectivity index (χ1v) is 11.5. The zero-order chi connectivity index (χ0) is 20.3. The van der Waals surface area contributed by atoms with E-state index in [0.717, 1.165) is 50.8 Å². The lowest BCUT2D eigenvalue weighted by Gasteiger charge is -2.30. The molecule has 3 aliphatic carbocycles. The van der Waals surface area contributed by atoms with Crippen LogP contribution >= 0.6 is 0 Å². The molecule has 0 aliphatic heterocycles. The van der Waals surface area contributed by atoms with Crippen molar-refractivity contribution >= 4 is 11.8 Å². The number of nitrogens with one attached hydrogen (secondary N) is 2. The summed E-state index contributed by atoms with van der Waals surface area (Å²) >= 11 is 0. The molecule has 2 atom stereocenters. The minimum atomic E-state index is -0.539. The van der Waals surface area contributed by atoms with Gasteiger partial charge >= 0.3 is 0 Å². The van der Waals surface area contributed by atoms with Gasteiger partial charge in [0.25, 0.3) is 0 Å². The molecule has 0 radical (unpaired) electrons. The van der Waals surface area contributed by atoms with Crippen molar-refractivity contribution in [1.82, 2.24) is 20.8 Å². The Morgan fingerprint density at radius 2 is 1.79 bits per heavy atom. The molecule has 29 heavy (non-hydrogen) atoms. The van der Waals surface area contributed by atoms with Gasteiger partial charge in [0.05, 0.1) is 0 Å². The minimum Gasteiger partial charge on any atom is -0.355 e. The molecule has 2 N–H and O–H groups in total. The largest absolute Gasteiger partial charge is 0.355 e. The Bertz CT molecular complexity index is 717. The van der Waals surface area contributed by atoms with E-state index in [4.69, 9.17) is 9.51 Å². The van der Waals surface area contributed by atoms with E-state index in [0.29, 0.717) is 24.2 Å². The van der Waals surface area contributed by atoms with Crippen molar-refractivity contribution in [3.63, 3.8) is 0 Å². The van der Waals surface area contributed by atoms with Gasteiger partial charge in [-0.15, -0.1) is 0 Å². The monoisotopic (exact) mass is 402 g/mol. The number of carbonyl (C=O) groups is 2. The summed E-state index contributed by atoms with van der Waals surface area (Å²) in [5.41, 5.74) is -0.539. The number of hydrogen-bond donors (Lipinski definition) is 2. The van der Waals surface area contributed by atoms with E-state index in [1.54, 1.807) is 0 Å². The predicted molar refractivity (Wildman–Crippen MR) is 108 cm³/mol. The molecule has 0 saturated heterocycles. The van der Waals surface area contributed by atoms with Crippen molar-refractivity contribution in [2.75, 3.05) is 6.54 Å². The SMILES string of the molecule is C[C@H]1C[C@@H]1C(=O)NCCC(=O)NC1(c2noc(C3CCCC3)n2)CCCCCC1. The molecule has 1 aromatic rings. The van der Waals surface area contributed by atoms with E-state index >= 15 is 0 Å². The van der Waals surface area contributed by atoms with Crippen molar-refractivity contribution in [2.45, 2.75) is 95.4 Å². The third kappa shape index (κ3) is 4.81. The summed E-state index contributed by atoms with van der Waals surface area (Å²) in [5.74, 6) is 2.39. The Balaban J connectivity index is 1.39. The first-order chi connectivity index (χ1) is 14.1. The average molecular weight is 403 g/mol. The fourth-order valence-corrected chi connectivity index (χ4v) is 4.95. The van der Waals surface area contributed by atoms with Crippen LogP contribution in [0.4, 0.5) is 0 Å². The molecule has 7 heteroatoms. The summed E-state index contributed by atoms with van der Waals surface area (Å²) in [5, 5.41) is 10.5. The zero-order valence-corrected chi connectivity index (χ0v) is 17.5. The van der Waals surface area contributed by atoms with E-state index in [9.17, 15) is 9.59 Å². The lowest BCUT2D eigenvalue weighted by atomic mass is 9.89. The van der Waals surface area contributed by atoms with E-state index in [2.05, 4.69) is 22.7 Å². The molecule has 3 aliphatic rings. The Hall–Kier alpha value is -1.92. The van der Waals surface area contributed by atoms with Gasteiger partial charge in [-0.1, -0.05) is 50.6 Å². The van der Waals surface area contributed by atoms with Crippen LogP contribution in [0.2, 0.25) is 0 Å². The highest BCUT2D eigenvalue weighted by Crippen LogP contribution is 2.38. The topological polar surface area (TPSA) is 97.1 Å². The van der Waals surface area contributed by atoms with Crippen LogP contribution in [0, 0.1) is 11.8 Å². The van der Waals surface area contributed by atoms with Crippen molar-refractivity contribution in [3.8, 4) is 0 Å². The maximum Gasteiger partial charge on any atom is 0.229 e. The van der Waals surface area contributed by atoms with Gasteiger partial charge in [-0.25, -0.2) is 0 Å². The van der Waals surface area contributed by atoms with Crippen molar-refractivity contribution in [2.24, 2.45) is 11.8 Å². The summed E-state index contributed by atoms with van der Waals surface area (Å²) in [6, 6.07) is 0. The number of amides is 2. The lowest BCUT2D eigenvalue weighted by Crippen LogP contribution is -2.47. The first-order valence-electron chi connectivity index (χ1n) is 11.5. The van der Waals surface area contributed by atoms with Gasteiger partial charge in [0.15, 0.2) is 5.82 Å². The highest BCUT2D eigenvalue weighted by atomic mass is 16.5. The quantitative estimate of drug-likeness (QED) is 0.680. The van der Waals surface area contributed by atoms with E-state index in [1.807, 2.05) is 0 Å². The second-order valence-corrected chi connectivity index (χ2v) is 9.34. The summed E-state index contributed by atoms with van der Waals surface area (Å²) in [6.07, 6.45) is 12.0. The molecule has 2 amide bonds. The molecule has 160 valence electrons. The number of rotatable bonds is 7. The Kier molecular flexibility index (Phi) is 6.20. The second-order valence-electron chi connectivity index (χ2n) is 9.34. The third-order valence-electron chi connectivity index (χ3n) is 7.01. The number of hydrogen-bond acceptors (Lipinski definition) is 5. The molecular weight excluding hydrogens is 368 g/mol. The highest BCUT2D eigenvalue weighted by Gasteiger charge is 2.40. The van der Waals surface area contributed by atoms with Gasteiger partial charge in [0.2, 0.25) is 17.7 Å². The normalized spacial score (nSPS) is 26.7. The summed E-state index contributed by atoms with van der Waals surface area (Å²) < 4.78 is 5.64. The molecule has 4 rings (SSSR count).